The first-order chi connectivity index (χ1) is 11.5. The molecule has 0 aromatic heterocycles. The van der Waals surface area contributed by atoms with E-state index in [0.717, 1.165) is 32.5 Å². The normalized spacial score (nSPS) is 16.9. The second-order valence-corrected chi connectivity index (χ2v) is 10.1. The van der Waals surface area contributed by atoms with Crippen molar-refractivity contribution in [1.82, 2.24) is 0 Å². The van der Waals surface area contributed by atoms with Gasteiger partial charge in [-0.2, -0.15) is 0 Å². The van der Waals surface area contributed by atoms with Gasteiger partial charge in [-0.3, -0.25) is 0 Å². The average Bonchev–Trinajstić information content (AvgIpc) is 2.52. The zero-order valence-corrected chi connectivity index (χ0v) is 16.4. The van der Waals surface area contributed by atoms with Gasteiger partial charge in [0.25, 0.3) is 0 Å². The van der Waals surface area contributed by atoms with Crippen molar-refractivity contribution in [3.63, 3.8) is 0 Å². The van der Waals surface area contributed by atoms with E-state index in [-0.39, 0.29) is 18.1 Å². The van der Waals surface area contributed by atoms with Crippen LogP contribution in [0.2, 0.25) is 0 Å². The van der Waals surface area contributed by atoms with Gasteiger partial charge in [0.2, 0.25) is 0 Å². The number of rotatable bonds is 16. The highest BCUT2D eigenvalue weighted by Gasteiger charge is 2.32. The van der Waals surface area contributed by atoms with E-state index in [1.165, 1.54) is 51.4 Å². The molecule has 1 aliphatic rings. The molecule has 1 saturated heterocycles. The first kappa shape index (κ1) is 21.9. The van der Waals surface area contributed by atoms with Crippen LogP contribution in [0.25, 0.3) is 0 Å². The molecule has 0 saturated carbocycles. The summed E-state index contributed by atoms with van der Waals surface area (Å²) in [7, 11) is -2.93. The Morgan fingerprint density at radius 1 is 0.792 bits per heavy atom. The van der Waals surface area contributed by atoms with E-state index < -0.39 is 9.84 Å². The number of sulfone groups is 1. The highest BCUT2D eigenvalue weighted by molar-refractivity contribution is 7.91. The summed E-state index contributed by atoms with van der Waals surface area (Å²) in [6, 6.07) is 0. The number of hydrogen-bond donors (Lipinski definition) is 1. The van der Waals surface area contributed by atoms with E-state index >= 15 is 0 Å². The lowest BCUT2D eigenvalue weighted by Crippen LogP contribution is -2.39. The smallest absolute Gasteiger partial charge is 0.150 e. The molecular weight excluding hydrogens is 324 g/mol. The Balaban J connectivity index is 1.79. The highest BCUT2D eigenvalue weighted by atomic mass is 32.2. The lowest BCUT2D eigenvalue weighted by Gasteiger charge is -2.38. The summed E-state index contributed by atoms with van der Waals surface area (Å²) in [5.74, 6) is 0.423. The van der Waals surface area contributed by atoms with Crippen molar-refractivity contribution in [2.24, 2.45) is 5.41 Å². The second-order valence-electron chi connectivity index (χ2n) is 7.82. The van der Waals surface area contributed by atoms with Gasteiger partial charge in [-0.15, -0.1) is 0 Å². The van der Waals surface area contributed by atoms with Crippen molar-refractivity contribution in [2.45, 2.75) is 84.0 Å². The van der Waals surface area contributed by atoms with E-state index in [4.69, 9.17) is 9.84 Å². The summed E-state index contributed by atoms with van der Waals surface area (Å²) < 4.78 is 28.5. The lowest BCUT2D eigenvalue weighted by atomic mass is 9.83. The molecule has 0 unspecified atom stereocenters. The Labute approximate surface area is 149 Å². The molecule has 0 spiro atoms. The maximum Gasteiger partial charge on any atom is 0.150 e. The number of ether oxygens (including phenoxy) is 1. The Morgan fingerprint density at radius 2 is 1.25 bits per heavy atom. The maximum absolute atomic E-state index is 11.6. The zero-order valence-electron chi connectivity index (χ0n) is 15.6. The molecule has 5 heteroatoms. The largest absolute Gasteiger partial charge is 0.396 e. The van der Waals surface area contributed by atoms with Crippen LogP contribution in [0.4, 0.5) is 0 Å². The first-order valence-electron chi connectivity index (χ1n) is 9.86. The van der Waals surface area contributed by atoms with Gasteiger partial charge in [0.05, 0.1) is 24.7 Å². The summed E-state index contributed by atoms with van der Waals surface area (Å²) in [6.07, 6.45) is 13.8. The molecule has 1 aliphatic heterocycles. The van der Waals surface area contributed by atoms with Crippen LogP contribution in [0.5, 0.6) is 0 Å². The molecule has 0 atom stereocenters. The lowest BCUT2D eigenvalue weighted by molar-refractivity contribution is -0.106. The minimum absolute atomic E-state index is 0.0348. The SMILES string of the molecule is CC1(CCCCCCCCCCCCS(=O)(=O)CCCO)COC1. The second kappa shape index (κ2) is 12.3. The van der Waals surface area contributed by atoms with Crippen LogP contribution in [-0.2, 0) is 14.6 Å². The predicted octanol–water partition coefficient (Wildman–Crippen LogP) is 4.11. The van der Waals surface area contributed by atoms with Crippen LogP contribution in [0.15, 0.2) is 0 Å². The fourth-order valence-corrected chi connectivity index (χ4v) is 4.69. The molecular formula is C19H38O4S. The Kier molecular flexibility index (Phi) is 11.2. The quantitative estimate of drug-likeness (QED) is 0.420. The highest BCUT2D eigenvalue weighted by Crippen LogP contribution is 2.32. The van der Waals surface area contributed by atoms with E-state index in [1.54, 1.807) is 0 Å². The van der Waals surface area contributed by atoms with Gasteiger partial charge in [-0.1, -0.05) is 64.7 Å². The predicted molar refractivity (Wildman–Crippen MR) is 100 cm³/mol. The summed E-state index contributed by atoms with van der Waals surface area (Å²) in [4.78, 5) is 0. The first-order valence-corrected chi connectivity index (χ1v) is 11.7. The Bertz CT molecular complexity index is 402. The fraction of sp³-hybridized carbons (Fsp3) is 1.00. The summed E-state index contributed by atoms with van der Waals surface area (Å²) >= 11 is 0. The van der Waals surface area contributed by atoms with Crippen LogP contribution in [0, 0.1) is 5.41 Å². The topological polar surface area (TPSA) is 63.6 Å². The molecule has 1 rings (SSSR count). The minimum atomic E-state index is -2.93. The van der Waals surface area contributed by atoms with Crippen LogP contribution in [0.3, 0.4) is 0 Å². The van der Waals surface area contributed by atoms with Crippen molar-refractivity contribution in [3.8, 4) is 0 Å². The van der Waals surface area contributed by atoms with Crippen LogP contribution < -0.4 is 0 Å². The molecule has 0 aliphatic carbocycles. The Morgan fingerprint density at radius 3 is 1.71 bits per heavy atom. The average molecular weight is 363 g/mol. The zero-order chi connectivity index (χ0) is 17.7. The van der Waals surface area contributed by atoms with Gasteiger partial charge in [-0.05, 0) is 19.3 Å². The van der Waals surface area contributed by atoms with Crippen molar-refractivity contribution in [1.29, 1.82) is 0 Å². The number of unbranched alkanes of at least 4 members (excludes halogenated alkanes) is 9. The van der Waals surface area contributed by atoms with Gasteiger partial charge in [-0.25, -0.2) is 8.42 Å². The van der Waals surface area contributed by atoms with E-state index in [2.05, 4.69) is 6.92 Å². The van der Waals surface area contributed by atoms with Gasteiger partial charge < -0.3 is 9.84 Å². The molecule has 0 radical (unpaired) electrons. The van der Waals surface area contributed by atoms with Crippen LogP contribution in [-0.4, -0.2) is 44.9 Å². The third kappa shape index (κ3) is 10.7. The van der Waals surface area contributed by atoms with Crippen LogP contribution in [0.1, 0.15) is 84.0 Å². The number of aliphatic hydroxyl groups is 1. The Hall–Kier alpha value is -0.130. The molecule has 0 aromatic carbocycles. The van der Waals surface area contributed by atoms with Crippen LogP contribution >= 0.6 is 0 Å². The number of hydrogen-bond acceptors (Lipinski definition) is 4. The summed E-state index contributed by atoms with van der Waals surface area (Å²) in [6.45, 7) is 4.20. The van der Waals surface area contributed by atoms with Crippen molar-refractivity contribution in [2.75, 3.05) is 31.3 Å². The minimum Gasteiger partial charge on any atom is -0.396 e. The molecule has 24 heavy (non-hydrogen) atoms. The van der Waals surface area contributed by atoms with E-state index in [9.17, 15) is 8.42 Å². The summed E-state index contributed by atoms with van der Waals surface area (Å²) in [5, 5.41) is 8.67. The van der Waals surface area contributed by atoms with Crippen molar-refractivity contribution in [3.05, 3.63) is 0 Å². The van der Waals surface area contributed by atoms with Crippen molar-refractivity contribution >= 4 is 9.84 Å². The standard InChI is InChI=1S/C19H38O4S/c1-19(17-23-18-19)13-10-8-6-4-2-3-5-7-9-11-15-24(21,22)16-12-14-20/h20H,2-18H2,1H3. The molecule has 0 aromatic rings. The third-order valence-corrected chi connectivity index (χ3v) is 6.82. The fourth-order valence-electron chi connectivity index (χ4n) is 3.27. The molecule has 0 amide bonds. The third-order valence-electron chi connectivity index (χ3n) is 5.00. The van der Waals surface area contributed by atoms with Crippen molar-refractivity contribution < 1.29 is 18.3 Å². The number of aliphatic hydroxyl groups excluding tert-OH is 1. The molecule has 144 valence electrons. The van der Waals surface area contributed by atoms with Gasteiger partial charge >= 0.3 is 0 Å². The maximum atomic E-state index is 11.6. The van der Waals surface area contributed by atoms with E-state index in [1.807, 2.05) is 0 Å². The van der Waals surface area contributed by atoms with Gasteiger partial charge in [0.1, 0.15) is 9.84 Å². The molecule has 1 fully saturated rings. The molecule has 1 heterocycles. The van der Waals surface area contributed by atoms with E-state index in [0.29, 0.717) is 11.8 Å². The molecule has 1 N–H and O–H groups in total. The monoisotopic (exact) mass is 362 g/mol. The summed E-state index contributed by atoms with van der Waals surface area (Å²) in [5.41, 5.74) is 0.478. The molecule has 4 nitrogen and oxygen atoms in total. The molecule has 0 bridgehead atoms. The van der Waals surface area contributed by atoms with Gasteiger partial charge in [0.15, 0.2) is 0 Å². The van der Waals surface area contributed by atoms with Gasteiger partial charge in [0, 0.05) is 12.0 Å².